The van der Waals surface area contributed by atoms with E-state index < -0.39 is 5.97 Å². The zero-order valence-electron chi connectivity index (χ0n) is 7.99. The molecule has 2 bridgehead atoms. The maximum Gasteiger partial charge on any atom is 0.306 e. The molecule has 2 heterocycles. The first-order chi connectivity index (χ1) is 6.22. The number of carbonyl (C=O) groups is 1. The molecule has 3 heteroatoms. The molecule has 2 N–H and O–H groups in total. The van der Waals surface area contributed by atoms with Gasteiger partial charge in [0.2, 0.25) is 0 Å². The van der Waals surface area contributed by atoms with Crippen LogP contribution < -0.4 is 5.32 Å². The Morgan fingerprint density at radius 2 is 2.31 bits per heavy atom. The third-order valence-electron chi connectivity index (χ3n) is 3.64. The summed E-state index contributed by atoms with van der Waals surface area (Å²) in [6, 6.07) is 0.957. The number of fused-ring (bicyclic) bond motifs is 2. The predicted molar refractivity (Wildman–Crippen MR) is 49.5 cm³/mol. The first kappa shape index (κ1) is 9.00. The molecule has 0 spiro atoms. The van der Waals surface area contributed by atoms with E-state index >= 15 is 0 Å². The second kappa shape index (κ2) is 3.29. The fourth-order valence-electron chi connectivity index (χ4n) is 2.99. The molecule has 2 rings (SSSR count). The van der Waals surface area contributed by atoms with Crippen LogP contribution in [0.15, 0.2) is 0 Å². The number of nitrogens with one attached hydrogen (secondary N) is 1. The van der Waals surface area contributed by atoms with Crippen molar-refractivity contribution in [3.8, 4) is 0 Å². The fourth-order valence-corrected chi connectivity index (χ4v) is 2.99. The second-order valence-electron chi connectivity index (χ2n) is 4.30. The minimum atomic E-state index is -0.592. The Bertz CT molecular complexity index is 217. The van der Waals surface area contributed by atoms with Crippen LogP contribution in [-0.2, 0) is 4.79 Å². The van der Waals surface area contributed by atoms with Gasteiger partial charge >= 0.3 is 5.97 Å². The second-order valence-corrected chi connectivity index (χ2v) is 4.30. The SMILES string of the molecule is CCC1C2CCC(CC1C(=O)O)N2. The van der Waals surface area contributed by atoms with Crippen molar-refractivity contribution in [3.63, 3.8) is 0 Å². The molecule has 13 heavy (non-hydrogen) atoms. The lowest BCUT2D eigenvalue weighted by Crippen LogP contribution is -2.47. The lowest BCUT2D eigenvalue weighted by atomic mass is 9.80. The molecule has 0 radical (unpaired) electrons. The van der Waals surface area contributed by atoms with Crippen molar-refractivity contribution in [1.82, 2.24) is 5.32 Å². The van der Waals surface area contributed by atoms with Crippen molar-refractivity contribution >= 4 is 5.97 Å². The van der Waals surface area contributed by atoms with Gasteiger partial charge < -0.3 is 10.4 Å². The third-order valence-corrected chi connectivity index (χ3v) is 3.64. The van der Waals surface area contributed by atoms with Gasteiger partial charge in [-0.05, 0) is 25.2 Å². The van der Waals surface area contributed by atoms with Crippen LogP contribution in [0.5, 0.6) is 0 Å². The molecule has 2 aliphatic rings. The Hall–Kier alpha value is -0.570. The van der Waals surface area contributed by atoms with E-state index in [2.05, 4.69) is 12.2 Å². The van der Waals surface area contributed by atoms with Gasteiger partial charge in [-0.3, -0.25) is 4.79 Å². The molecule has 0 aliphatic carbocycles. The molecule has 2 fully saturated rings. The van der Waals surface area contributed by atoms with Crippen molar-refractivity contribution in [2.24, 2.45) is 11.8 Å². The molecular weight excluding hydrogens is 166 g/mol. The summed E-state index contributed by atoms with van der Waals surface area (Å²) in [5.41, 5.74) is 0. The third kappa shape index (κ3) is 1.46. The van der Waals surface area contributed by atoms with Gasteiger partial charge in [0.25, 0.3) is 0 Å². The maximum absolute atomic E-state index is 11.0. The highest BCUT2D eigenvalue weighted by atomic mass is 16.4. The van der Waals surface area contributed by atoms with Gasteiger partial charge in [-0.2, -0.15) is 0 Å². The lowest BCUT2D eigenvalue weighted by molar-refractivity contribution is -0.145. The normalized spacial score (nSPS) is 43.5. The van der Waals surface area contributed by atoms with Crippen LogP contribution in [0.25, 0.3) is 0 Å². The summed E-state index contributed by atoms with van der Waals surface area (Å²) in [5, 5.41) is 12.6. The van der Waals surface area contributed by atoms with Crippen molar-refractivity contribution in [2.75, 3.05) is 0 Å². The molecule has 4 unspecified atom stereocenters. The Balaban J connectivity index is 2.14. The zero-order valence-corrected chi connectivity index (χ0v) is 7.99. The van der Waals surface area contributed by atoms with E-state index in [0.29, 0.717) is 18.0 Å². The Morgan fingerprint density at radius 1 is 1.54 bits per heavy atom. The van der Waals surface area contributed by atoms with E-state index in [1.54, 1.807) is 0 Å². The standard InChI is InChI=1S/C10H17NO2/c1-2-7-8(10(12)13)5-6-3-4-9(7)11-6/h6-9,11H,2-5H2,1H3,(H,12,13). The molecule has 0 aromatic carbocycles. The molecule has 0 aromatic rings. The van der Waals surface area contributed by atoms with Crippen LogP contribution >= 0.6 is 0 Å². The van der Waals surface area contributed by atoms with E-state index in [9.17, 15) is 4.79 Å². The quantitative estimate of drug-likeness (QED) is 0.677. The van der Waals surface area contributed by atoms with E-state index in [1.807, 2.05) is 0 Å². The van der Waals surface area contributed by atoms with Crippen molar-refractivity contribution in [1.29, 1.82) is 0 Å². The lowest BCUT2D eigenvalue weighted by Gasteiger charge is -2.34. The number of aliphatic carboxylic acids is 1. The van der Waals surface area contributed by atoms with Gasteiger partial charge in [-0.1, -0.05) is 13.3 Å². The molecular formula is C10H17NO2. The maximum atomic E-state index is 11.0. The largest absolute Gasteiger partial charge is 0.481 e. The smallest absolute Gasteiger partial charge is 0.306 e. The first-order valence-corrected chi connectivity index (χ1v) is 5.21. The summed E-state index contributed by atoms with van der Waals surface area (Å²) in [5.74, 6) is -0.328. The van der Waals surface area contributed by atoms with Crippen molar-refractivity contribution in [2.45, 2.75) is 44.7 Å². The number of carboxylic acid groups (broad SMARTS) is 1. The van der Waals surface area contributed by atoms with Gasteiger partial charge in [0, 0.05) is 12.1 Å². The number of carboxylic acids is 1. The molecule has 0 saturated carbocycles. The van der Waals surface area contributed by atoms with Gasteiger partial charge in [0.15, 0.2) is 0 Å². The molecule has 0 aromatic heterocycles. The minimum Gasteiger partial charge on any atom is -0.481 e. The summed E-state index contributed by atoms with van der Waals surface area (Å²) >= 11 is 0. The van der Waals surface area contributed by atoms with Crippen LogP contribution in [0.3, 0.4) is 0 Å². The van der Waals surface area contributed by atoms with Crippen molar-refractivity contribution in [3.05, 3.63) is 0 Å². The molecule has 74 valence electrons. The van der Waals surface area contributed by atoms with Crippen LogP contribution in [0.4, 0.5) is 0 Å². The topological polar surface area (TPSA) is 49.3 Å². The molecule has 2 saturated heterocycles. The van der Waals surface area contributed by atoms with E-state index in [4.69, 9.17) is 5.11 Å². The number of hydrogen-bond acceptors (Lipinski definition) is 2. The highest BCUT2D eigenvalue weighted by Crippen LogP contribution is 2.37. The number of hydrogen-bond donors (Lipinski definition) is 2. The summed E-state index contributed by atoms with van der Waals surface area (Å²) in [6.45, 7) is 2.10. The highest BCUT2D eigenvalue weighted by Gasteiger charge is 2.43. The minimum absolute atomic E-state index is 0.0938. The molecule has 2 aliphatic heterocycles. The van der Waals surface area contributed by atoms with Crippen LogP contribution in [0, 0.1) is 11.8 Å². The van der Waals surface area contributed by atoms with E-state index in [-0.39, 0.29) is 5.92 Å². The van der Waals surface area contributed by atoms with Crippen LogP contribution in [0.1, 0.15) is 32.6 Å². The highest BCUT2D eigenvalue weighted by molar-refractivity contribution is 5.70. The van der Waals surface area contributed by atoms with Gasteiger partial charge in [0.1, 0.15) is 0 Å². The zero-order chi connectivity index (χ0) is 9.42. The molecule has 0 amide bonds. The van der Waals surface area contributed by atoms with Gasteiger partial charge in [-0.25, -0.2) is 0 Å². The molecule has 3 nitrogen and oxygen atoms in total. The average molecular weight is 183 g/mol. The van der Waals surface area contributed by atoms with Crippen molar-refractivity contribution < 1.29 is 9.90 Å². The van der Waals surface area contributed by atoms with Gasteiger partial charge in [-0.15, -0.1) is 0 Å². The monoisotopic (exact) mass is 183 g/mol. The Kier molecular flexibility index (Phi) is 2.28. The fraction of sp³-hybridized carbons (Fsp3) is 0.900. The number of rotatable bonds is 2. The van der Waals surface area contributed by atoms with E-state index in [1.165, 1.54) is 12.8 Å². The number of piperidine rings is 1. The summed E-state index contributed by atoms with van der Waals surface area (Å²) in [6.07, 6.45) is 4.17. The first-order valence-electron chi connectivity index (χ1n) is 5.21. The Labute approximate surface area is 78.5 Å². The van der Waals surface area contributed by atoms with Crippen LogP contribution in [0.2, 0.25) is 0 Å². The summed E-state index contributed by atoms with van der Waals surface area (Å²) < 4.78 is 0. The predicted octanol–water partition coefficient (Wildman–Crippen LogP) is 1.24. The molecule has 4 atom stereocenters. The summed E-state index contributed by atoms with van der Waals surface area (Å²) in [7, 11) is 0. The van der Waals surface area contributed by atoms with Crippen LogP contribution in [-0.4, -0.2) is 23.2 Å². The van der Waals surface area contributed by atoms with E-state index in [0.717, 1.165) is 12.8 Å². The summed E-state index contributed by atoms with van der Waals surface area (Å²) in [4.78, 5) is 11.0. The Morgan fingerprint density at radius 3 is 2.92 bits per heavy atom. The average Bonchev–Trinajstić information content (AvgIpc) is 2.48. The van der Waals surface area contributed by atoms with Gasteiger partial charge in [0.05, 0.1) is 5.92 Å².